The maximum Gasteiger partial charge on any atom is 0.245 e. The number of benzene rings is 2. The number of amides is 1. The first-order valence-electron chi connectivity index (χ1n) is 6.30. The molecular formula is C15H12ClN3OS. The fraction of sp³-hybridized carbons (Fsp3) is 0.0667. The molecule has 0 spiro atoms. The van der Waals surface area contributed by atoms with Crippen LogP contribution in [0.1, 0.15) is 11.6 Å². The van der Waals surface area contributed by atoms with E-state index >= 15 is 0 Å². The van der Waals surface area contributed by atoms with Gasteiger partial charge in [0, 0.05) is 0 Å². The highest BCUT2D eigenvalue weighted by atomic mass is 35.5. The van der Waals surface area contributed by atoms with E-state index in [1.54, 1.807) is 11.6 Å². The van der Waals surface area contributed by atoms with Crippen LogP contribution in [0, 0.1) is 0 Å². The van der Waals surface area contributed by atoms with Gasteiger partial charge in [0.15, 0.2) is 0 Å². The molecule has 3 rings (SSSR count). The number of carbonyl (C=O) groups excluding carboxylic acids is 1. The molecule has 0 aliphatic rings. The topological polar surface area (TPSA) is 68.0 Å². The van der Waals surface area contributed by atoms with Crippen molar-refractivity contribution >= 4 is 44.7 Å². The number of thiazole rings is 1. The molecule has 1 aromatic heterocycles. The number of nitrogens with one attached hydrogen (secondary N) is 1. The first-order chi connectivity index (χ1) is 10.2. The van der Waals surface area contributed by atoms with E-state index in [4.69, 9.17) is 17.3 Å². The SMILES string of the molecule is N[C@H](C(=O)Nc1c(Cl)ccc2scnc12)c1ccccc1. The molecule has 3 aromatic rings. The van der Waals surface area contributed by atoms with Crippen molar-refractivity contribution in [2.24, 2.45) is 5.73 Å². The van der Waals surface area contributed by atoms with Gasteiger partial charge in [-0.3, -0.25) is 4.79 Å². The summed E-state index contributed by atoms with van der Waals surface area (Å²) in [5.74, 6) is -0.316. The Kier molecular flexibility index (Phi) is 3.88. The molecule has 0 radical (unpaired) electrons. The number of nitrogens with zero attached hydrogens (tertiary/aromatic N) is 1. The molecule has 3 N–H and O–H groups in total. The summed E-state index contributed by atoms with van der Waals surface area (Å²) in [6, 6.07) is 12.1. The number of hydrogen-bond donors (Lipinski definition) is 2. The van der Waals surface area contributed by atoms with E-state index in [1.807, 2.05) is 36.4 Å². The summed E-state index contributed by atoms with van der Waals surface area (Å²) in [6.45, 7) is 0. The summed E-state index contributed by atoms with van der Waals surface area (Å²) in [7, 11) is 0. The number of carbonyl (C=O) groups is 1. The standard InChI is InChI=1S/C15H12ClN3OS/c16-10-6-7-11-14(18-8-21-11)13(10)19-15(20)12(17)9-4-2-1-3-5-9/h1-8,12H,17H2,(H,19,20)/t12-/m0/s1. The van der Waals surface area contributed by atoms with Crippen molar-refractivity contribution in [2.45, 2.75) is 6.04 Å². The summed E-state index contributed by atoms with van der Waals surface area (Å²) in [4.78, 5) is 16.6. The number of fused-ring (bicyclic) bond motifs is 1. The number of hydrogen-bond acceptors (Lipinski definition) is 4. The lowest BCUT2D eigenvalue weighted by molar-refractivity contribution is -0.117. The summed E-state index contributed by atoms with van der Waals surface area (Å²) < 4.78 is 0.961. The van der Waals surface area contributed by atoms with Crippen LogP contribution >= 0.6 is 22.9 Å². The highest BCUT2D eigenvalue weighted by Crippen LogP contribution is 2.32. The van der Waals surface area contributed by atoms with Gasteiger partial charge in [-0.2, -0.15) is 0 Å². The molecule has 0 saturated heterocycles. The van der Waals surface area contributed by atoms with E-state index in [-0.39, 0.29) is 5.91 Å². The van der Waals surface area contributed by atoms with E-state index in [2.05, 4.69) is 10.3 Å². The molecule has 0 saturated carbocycles. The molecular weight excluding hydrogens is 306 g/mol. The van der Waals surface area contributed by atoms with Crippen molar-refractivity contribution in [1.82, 2.24) is 4.98 Å². The lowest BCUT2D eigenvalue weighted by Crippen LogP contribution is -2.27. The van der Waals surface area contributed by atoms with Crippen LogP contribution in [0.5, 0.6) is 0 Å². The normalized spacial score (nSPS) is 12.3. The molecule has 0 unspecified atom stereocenters. The fourth-order valence-electron chi connectivity index (χ4n) is 2.04. The van der Waals surface area contributed by atoms with Crippen LogP contribution in [-0.2, 0) is 4.79 Å². The molecule has 1 heterocycles. The Morgan fingerprint density at radius 2 is 2.00 bits per heavy atom. The van der Waals surface area contributed by atoms with E-state index in [9.17, 15) is 4.79 Å². The largest absolute Gasteiger partial charge is 0.321 e. The highest BCUT2D eigenvalue weighted by Gasteiger charge is 2.18. The predicted octanol–water partition coefficient (Wildman–Crippen LogP) is 3.59. The van der Waals surface area contributed by atoms with Gasteiger partial charge in [0.05, 0.1) is 20.9 Å². The van der Waals surface area contributed by atoms with Crippen LogP contribution < -0.4 is 11.1 Å². The first kappa shape index (κ1) is 14.0. The van der Waals surface area contributed by atoms with E-state index in [1.165, 1.54) is 11.3 Å². The van der Waals surface area contributed by atoms with Crippen molar-refractivity contribution in [3.8, 4) is 0 Å². The minimum Gasteiger partial charge on any atom is -0.321 e. The molecule has 0 aliphatic heterocycles. The number of anilines is 1. The molecule has 1 atom stereocenters. The molecule has 21 heavy (non-hydrogen) atoms. The summed E-state index contributed by atoms with van der Waals surface area (Å²) in [5, 5.41) is 3.23. The van der Waals surface area contributed by atoms with Crippen LogP contribution in [0.25, 0.3) is 10.2 Å². The van der Waals surface area contributed by atoms with Crippen molar-refractivity contribution in [2.75, 3.05) is 5.32 Å². The van der Waals surface area contributed by atoms with Crippen molar-refractivity contribution in [3.05, 3.63) is 58.6 Å². The zero-order chi connectivity index (χ0) is 14.8. The lowest BCUT2D eigenvalue weighted by atomic mass is 10.1. The van der Waals surface area contributed by atoms with Crippen LogP contribution in [0.2, 0.25) is 5.02 Å². The Morgan fingerprint density at radius 3 is 2.76 bits per heavy atom. The maximum atomic E-state index is 12.3. The minimum atomic E-state index is -0.754. The number of aromatic nitrogens is 1. The Morgan fingerprint density at radius 1 is 1.24 bits per heavy atom. The monoisotopic (exact) mass is 317 g/mol. The van der Waals surface area contributed by atoms with Crippen molar-refractivity contribution in [1.29, 1.82) is 0 Å². The lowest BCUT2D eigenvalue weighted by Gasteiger charge is -2.13. The molecule has 0 aliphatic carbocycles. The average molecular weight is 318 g/mol. The second-order valence-electron chi connectivity index (χ2n) is 4.50. The predicted molar refractivity (Wildman–Crippen MR) is 86.6 cm³/mol. The maximum absolute atomic E-state index is 12.3. The molecule has 4 nitrogen and oxygen atoms in total. The third kappa shape index (κ3) is 2.76. The third-order valence-corrected chi connectivity index (χ3v) is 4.25. The Hall–Kier alpha value is -1.95. The number of nitrogens with two attached hydrogens (primary N) is 1. The average Bonchev–Trinajstić information content (AvgIpc) is 2.99. The Labute approximate surface area is 130 Å². The number of rotatable bonds is 3. The zero-order valence-electron chi connectivity index (χ0n) is 10.9. The smallest absolute Gasteiger partial charge is 0.245 e. The molecule has 1 amide bonds. The molecule has 2 aromatic carbocycles. The zero-order valence-corrected chi connectivity index (χ0v) is 12.5. The van der Waals surface area contributed by atoms with Gasteiger partial charge in [0.25, 0.3) is 0 Å². The minimum absolute atomic E-state index is 0.316. The number of halogens is 1. The third-order valence-electron chi connectivity index (χ3n) is 3.14. The summed E-state index contributed by atoms with van der Waals surface area (Å²) in [6.07, 6.45) is 0. The molecule has 6 heteroatoms. The Balaban J connectivity index is 1.90. The van der Waals surface area contributed by atoms with Crippen LogP contribution in [0.3, 0.4) is 0 Å². The van der Waals surface area contributed by atoms with E-state index in [0.717, 1.165) is 10.3 Å². The van der Waals surface area contributed by atoms with Gasteiger partial charge in [-0.05, 0) is 17.7 Å². The van der Waals surface area contributed by atoms with Gasteiger partial charge in [-0.25, -0.2) is 4.98 Å². The van der Waals surface area contributed by atoms with Gasteiger partial charge >= 0.3 is 0 Å². The highest BCUT2D eigenvalue weighted by molar-refractivity contribution is 7.16. The summed E-state index contributed by atoms with van der Waals surface area (Å²) in [5.41, 5.74) is 9.63. The quantitative estimate of drug-likeness (QED) is 0.775. The van der Waals surface area contributed by atoms with Crippen molar-refractivity contribution in [3.63, 3.8) is 0 Å². The summed E-state index contributed by atoms with van der Waals surface area (Å²) >= 11 is 7.65. The Bertz CT molecular complexity index is 788. The molecule has 0 bridgehead atoms. The second kappa shape index (κ2) is 5.81. The molecule has 106 valence electrons. The first-order valence-corrected chi connectivity index (χ1v) is 7.55. The molecule has 0 fully saturated rings. The fourth-order valence-corrected chi connectivity index (χ4v) is 2.92. The van der Waals surface area contributed by atoms with Gasteiger partial charge in [0.2, 0.25) is 5.91 Å². The van der Waals surface area contributed by atoms with Gasteiger partial charge in [0.1, 0.15) is 11.6 Å². The van der Waals surface area contributed by atoms with Gasteiger partial charge < -0.3 is 11.1 Å². The van der Waals surface area contributed by atoms with Gasteiger partial charge in [-0.1, -0.05) is 41.9 Å². The van der Waals surface area contributed by atoms with Crippen LogP contribution in [-0.4, -0.2) is 10.9 Å². The van der Waals surface area contributed by atoms with Gasteiger partial charge in [-0.15, -0.1) is 11.3 Å². The second-order valence-corrected chi connectivity index (χ2v) is 5.79. The van der Waals surface area contributed by atoms with Crippen molar-refractivity contribution < 1.29 is 4.79 Å². The van der Waals surface area contributed by atoms with E-state index < -0.39 is 6.04 Å². The van der Waals surface area contributed by atoms with E-state index in [0.29, 0.717) is 16.2 Å². The van der Waals surface area contributed by atoms with Crippen LogP contribution in [0.4, 0.5) is 5.69 Å². The van der Waals surface area contributed by atoms with Crippen LogP contribution in [0.15, 0.2) is 48.0 Å².